The van der Waals surface area contributed by atoms with E-state index in [0.29, 0.717) is 5.82 Å². The average molecular weight is 463 g/mol. The van der Waals surface area contributed by atoms with E-state index in [1.807, 2.05) is 47.5 Å². The van der Waals surface area contributed by atoms with Crippen LogP contribution in [0.4, 0.5) is 11.4 Å². The lowest BCUT2D eigenvalue weighted by atomic mass is 9.90. The number of carbonyl (C=O) groups excluding carboxylic acids is 1. The topological polar surface area (TPSA) is 72.0 Å². The quantitative estimate of drug-likeness (QED) is 0.264. The van der Waals surface area contributed by atoms with Crippen molar-refractivity contribution in [2.45, 2.75) is 32.6 Å². The lowest BCUT2D eigenvalue weighted by molar-refractivity contribution is -0.646. The summed E-state index contributed by atoms with van der Waals surface area (Å²) in [4.78, 5) is 15.5. The van der Waals surface area contributed by atoms with Gasteiger partial charge in [0.25, 0.3) is 5.71 Å². The Bertz CT molecular complexity index is 1250. The number of nitrogens with one attached hydrogen (secondary N) is 1. The van der Waals surface area contributed by atoms with Gasteiger partial charge in [0, 0.05) is 24.3 Å². The van der Waals surface area contributed by atoms with E-state index in [1.54, 1.807) is 14.0 Å². The number of aryl methyl sites for hydroxylation is 3. The smallest absolute Gasteiger partial charge is 0.367 e. The Kier molecular flexibility index (Phi) is 5.89. The molecular formula is C26H32N5O3+. The van der Waals surface area contributed by atoms with E-state index in [-0.39, 0.29) is 12.3 Å². The maximum absolute atomic E-state index is 13.1. The van der Waals surface area contributed by atoms with Crippen LogP contribution in [0.2, 0.25) is 0 Å². The Labute approximate surface area is 199 Å². The summed E-state index contributed by atoms with van der Waals surface area (Å²) in [6.07, 6.45) is 4.25. The highest BCUT2D eigenvalue weighted by molar-refractivity contribution is 6.42. The first-order chi connectivity index (χ1) is 16.5. The number of ether oxygens (including phenoxy) is 2. The first-order valence-corrected chi connectivity index (χ1v) is 12.0. The van der Waals surface area contributed by atoms with Crippen molar-refractivity contribution >= 4 is 34.1 Å². The monoisotopic (exact) mass is 462 g/mol. The number of imidazole rings is 1. The first-order valence-electron chi connectivity index (χ1n) is 12.0. The van der Waals surface area contributed by atoms with Crippen LogP contribution < -0.4 is 19.6 Å². The molecule has 3 heterocycles. The van der Waals surface area contributed by atoms with Crippen LogP contribution in [0.1, 0.15) is 36.7 Å². The number of hydrogen-bond donors (Lipinski definition) is 1. The van der Waals surface area contributed by atoms with Crippen LogP contribution in [-0.4, -0.2) is 43.1 Å². The highest BCUT2D eigenvalue weighted by atomic mass is 16.5. The van der Waals surface area contributed by atoms with Gasteiger partial charge in [0.15, 0.2) is 11.0 Å². The highest BCUT2D eigenvalue weighted by Crippen LogP contribution is 2.44. The number of para-hydroxylation sites is 2. The highest BCUT2D eigenvalue weighted by Gasteiger charge is 2.32. The molecule has 0 unspecified atom stereocenters. The maximum atomic E-state index is 13.1. The van der Waals surface area contributed by atoms with Crippen molar-refractivity contribution in [1.82, 2.24) is 4.57 Å². The second kappa shape index (κ2) is 9.00. The molecule has 0 bridgehead atoms. The van der Waals surface area contributed by atoms with E-state index in [1.165, 1.54) is 16.8 Å². The minimum absolute atomic E-state index is 0.220. The van der Waals surface area contributed by atoms with Gasteiger partial charge in [-0.15, -0.1) is 0 Å². The third-order valence-corrected chi connectivity index (χ3v) is 6.89. The van der Waals surface area contributed by atoms with Gasteiger partial charge in [-0.05, 0) is 56.4 Å². The van der Waals surface area contributed by atoms with Crippen LogP contribution in [0.5, 0.6) is 5.75 Å². The van der Waals surface area contributed by atoms with Crippen molar-refractivity contribution < 1.29 is 18.8 Å². The second-order valence-electron chi connectivity index (χ2n) is 8.86. The Morgan fingerprint density at radius 2 is 1.97 bits per heavy atom. The van der Waals surface area contributed by atoms with Crippen molar-refractivity contribution in [3.05, 3.63) is 47.3 Å². The number of hydrogen-bond acceptors (Lipinski definition) is 6. The fraction of sp³-hybridized carbons (Fsp3) is 0.423. The number of benzene rings is 2. The van der Waals surface area contributed by atoms with E-state index in [2.05, 4.69) is 21.5 Å². The zero-order valence-corrected chi connectivity index (χ0v) is 20.4. The molecule has 3 aromatic rings. The maximum Gasteiger partial charge on any atom is 0.367 e. The molecule has 8 nitrogen and oxygen atoms in total. The molecule has 34 heavy (non-hydrogen) atoms. The molecule has 0 spiro atoms. The number of aromatic nitrogens is 2. The summed E-state index contributed by atoms with van der Waals surface area (Å²) in [7, 11) is 5.57. The van der Waals surface area contributed by atoms with Gasteiger partial charge in [0.05, 0.1) is 33.5 Å². The molecule has 0 amide bonds. The van der Waals surface area contributed by atoms with Gasteiger partial charge >= 0.3 is 11.8 Å². The molecule has 0 radical (unpaired) electrons. The molecule has 0 aliphatic carbocycles. The number of anilines is 2. The normalized spacial score (nSPS) is 15.3. The average Bonchev–Trinajstić information content (AvgIpc) is 3.10. The van der Waals surface area contributed by atoms with Crippen LogP contribution in [0.15, 0.2) is 35.4 Å². The Morgan fingerprint density at radius 1 is 1.21 bits per heavy atom. The summed E-state index contributed by atoms with van der Waals surface area (Å²) in [6, 6.07) is 10.1. The molecule has 5 rings (SSSR count). The minimum atomic E-state index is -0.471. The zero-order valence-electron chi connectivity index (χ0n) is 20.4. The number of rotatable bonds is 6. The van der Waals surface area contributed by atoms with Crippen molar-refractivity contribution in [3.63, 3.8) is 0 Å². The van der Waals surface area contributed by atoms with E-state index in [0.717, 1.165) is 61.2 Å². The minimum Gasteiger partial charge on any atom is -0.494 e. The third kappa shape index (κ3) is 3.57. The Hall–Kier alpha value is -3.55. The Balaban J connectivity index is 1.62. The fourth-order valence-electron chi connectivity index (χ4n) is 5.45. The molecule has 1 N–H and O–H groups in total. The van der Waals surface area contributed by atoms with E-state index in [4.69, 9.17) is 9.47 Å². The molecular weight excluding hydrogens is 430 g/mol. The van der Waals surface area contributed by atoms with E-state index in [9.17, 15) is 4.79 Å². The SMILES string of the molecule is CCOC(=O)/C(=N\Nc1cc2c3c(c1OC)CCCN3CCC2)c1n(C)c2ccccc2[n+]1C. The summed E-state index contributed by atoms with van der Waals surface area (Å²) in [6.45, 7) is 4.26. The zero-order chi connectivity index (χ0) is 23.8. The summed E-state index contributed by atoms with van der Waals surface area (Å²) in [5.41, 5.74) is 10.1. The molecule has 1 aromatic heterocycles. The van der Waals surface area contributed by atoms with Crippen molar-refractivity contribution in [3.8, 4) is 5.75 Å². The van der Waals surface area contributed by atoms with Gasteiger partial charge in [-0.25, -0.2) is 13.9 Å². The molecule has 0 saturated carbocycles. The van der Waals surface area contributed by atoms with Crippen LogP contribution in [0, 0.1) is 0 Å². The molecule has 2 aromatic carbocycles. The largest absolute Gasteiger partial charge is 0.494 e. The number of nitrogens with zero attached hydrogens (tertiary/aromatic N) is 4. The van der Waals surface area contributed by atoms with Crippen molar-refractivity contribution in [2.75, 3.05) is 37.1 Å². The van der Waals surface area contributed by atoms with Gasteiger partial charge in [0.2, 0.25) is 0 Å². The van der Waals surface area contributed by atoms with Gasteiger partial charge < -0.3 is 14.4 Å². The number of esters is 1. The number of fused-ring (bicyclic) bond motifs is 1. The van der Waals surface area contributed by atoms with Gasteiger partial charge in [-0.2, -0.15) is 5.10 Å². The predicted octanol–water partition coefficient (Wildman–Crippen LogP) is 3.09. The van der Waals surface area contributed by atoms with Crippen LogP contribution in [0.3, 0.4) is 0 Å². The van der Waals surface area contributed by atoms with Crippen LogP contribution in [0.25, 0.3) is 11.0 Å². The van der Waals surface area contributed by atoms with Gasteiger partial charge in [0.1, 0.15) is 5.75 Å². The van der Waals surface area contributed by atoms with Gasteiger partial charge in [-0.3, -0.25) is 5.43 Å². The number of carbonyl (C=O) groups is 1. The first kappa shape index (κ1) is 22.3. The van der Waals surface area contributed by atoms with Crippen LogP contribution in [-0.2, 0) is 36.5 Å². The van der Waals surface area contributed by atoms with Crippen molar-refractivity contribution in [2.24, 2.45) is 19.2 Å². The second-order valence-corrected chi connectivity index (χ2v) is 8.86. The molecule has 2 aliphatic heterocycles. The molecule has 0 fully saturated rings. The predicted molar refractivity (Wildman–Crippen MR) is 133 cm³/mol. The third-order valence-electron chi connectivity index (χ3n) is 6.89. The van der Waals surface area contributed by atoms with Gasteiger partial charge in [-0.1, -0.05) is 12.1 Å². The van der Waals surface area contributed by atoms with Crippen LogP contribution >= 0.6 is 0 Å². The number of methoxy groups -OCH3 is 1. The summed E-state index contributed by atoms with van der Waals surface area (Å²) in [5.74, 6) is 0.997. The number of hydrazone groups is 1. The molecule has 2 aliphatic rings. The van der Waals surface area contributed by atoms with E-state index < -0.39 is 5.97 Å². The lowest BCUT2D eigenvalue weighted by Gasteiger charge is -2.38. The Morgan fingerprint density at radius 3 is 2.71 bits per heavy atom. The molecule has 0 atom stereocenters. The molecule has 0 saturated heterocycles. The lowest BCUT2D eigenvalue weighted by Crippen LogP contribution is -2.39. The standard InChI is InChI=1S/C26H31N5O3/c1-5-34-26(32)22(25-29(2)20-12-6-7-13-21(20)30(25)3)28-27-19-16-17-10-8-14-31-15-9-11-18(23(17)31)24(19)33-4/h6-7,12-13,16H,5,8-11,14-15H2,1-4H3/p+1. The summed E-state index contributed by atoms with van der Waals surface area (Å²) < 4.78 is 15.2. The molecule has 178 valence electrons. The summed E-state index contributed by atoms with van der Waals surface area (Å²) in [5, 5.41) is 4.63. The van der Waals surface area contributed by atoms with E-state index >= 15 is 0 Å². The fourth-order valence-corrected chi connectivity index (χ4v) is 5.45. The van der Waals surface area contributed by atoms with Crippen molar-refractivity contribution in [1.29, 1.82) is 0 Å². The summed E-state index contributed by atoms with van der Waals surface area (Å²) >= 11 is 0. The molecule has 8 heteroatoms.